The molecule has 3 rings (SSSR count). The molecular formula is C23H25N3O6. The molecule has 0 spiro atoms. The number of carbonyl (C=O) groups is 4. The van der Waals surface area contributed by atoms with Crippen LogP contribution in [0, 0.1) is 0 Å². The molecule has 1 unspecified atom stereocenters. The lowest BCUT2D eigenvalue weighted by Gasteiger charge is -2.18. The number of carboxylic acid groups (broad SMARTS) is 1. The average molecular weight is 439 g/mol. The smallest absolute Gasteiger partial charge is 0.407 e. The Hall–Kier alpha value is -3.88. The number of amides is 3. The molecule has 168 valence electrons. The lowest BCUT2D eigenvalue weighted by Crippen LogP contribution is -2.49. The Morgan fingerprint density at radius 3 is 2.06 bits per heavy atom. The van der Waals surface area contributed by atoms with Crippen LogP contribution in [0.4, 0.5) is 4.79 Å². The first-order chi connectivity index (χ1) is 15.4. The molecule has 32 heavy (non-hydrogen) atoms. The van der Waals surface area contributed by atoms with E-state index in [0.29, 0.717) is 0 Å². The number of carbonyl (C=O) groups excluding carboxylic acids is 3. The molecule has 2 aromatic carbocycles. The average Bonchev–Trinajstić information content (AvgIpc) is 3.08. The van der Waals surface area contributed by atoms with Gasteiger partial charge in [0, 0.05) is 25.9 Å². The highest BCUT2D eigenvalue weighted by Crippen LogP contribution is 2.44. The lowest BCUT2D eigenvalue weighted by atomic mass is 9.98. The summed E-state index contributed by atoms with van der Waals surface area (Å²) in [5.74, 6) is -2.33. The Kier molecular flexibility index (Phi) is 7.43. The molecule has 0 aliphatic heterocycles. The molecule has 0 fully saturated rings. The van der Waals surface area contributed by atoms with Crippen molar-refractivity contribution in [1.82, 2.24) is 16.0 Å². The summed E-state index contributed by atoms with van der Waals surface area (Å²) in [4.78, 5) is 46.7. The number of aliphatic carboxylic acids is 1. The molecule has 0 saturated heterocycles. The third kappa shape index (κ3) is 5.63. The van der Waals surface area contributed by atoms with Crippen molar-refractivity contribution in [1.29, 1.82) is 0 Å². The van der Waals surface area contributed by atoms with E-state index in [9.17, 15) is 19.2 Å². The Morgan fingerprint density at radius 1 is 0.938 bits per heavy atom. The molecule has 9 nitrogen and oxygen atoms in total. The number of hydrogen-bond acceptors (Lipinski definition) is 5. The lowest BCUT2D eigenvalue weighted by molar-refractivity contribution is -0.139. The van der Waals surface area contributed by atoms with Crippen molar-refractivity contribution < 1.29 is 29.0 Å². The Labute approximate surface area is 185 Å². The topological polar surface area (TPSA) is 134 Å². The minimum Gasteiger partial charge on any atom is -0.481 e. The van der Waals surface area contributed by atoms with Crippen LogP contribution in [-0.4, -0.2) is 54.7 Å². The van der Waals surface area contributed by atoms with Crippen LogP contribution < -0.4 is 16.0 Å². The second-order valence-corrected chi connectivity index (χ2v) is 7.39. The van der Waals surface area contributed by atoms with Gasteiger partial charge in [-0.25, -0.2) is 4.79 Å². The van der Waals surface area contributed by atoms with Gasteiger partial charge in [-0.05, 0) is 22.3 Å². The summed E-state index contributed by atoms with van der Waals surface area (Å²) in [5, 5.41) is 16.4. The maximum absolute atomic E-state index is 12.4. The molecule has 2 aromatic rings. The third-order valence-corrected chi connectivity index (χ3v) is 5.13. The predicted molar refractivity (Wildman–Crippen MR) is 116 cm³/mol. The normalized spacial score (nSPS) is 12.8. The summed E-state index contributed by atoms with van der Waals surface area (Å²) in [6.07, 6.45) is -1.48. The van der Waals surface area contributed by atoms with Gasteiger partial charge in [0.2, 0.25) is 11.8 Å². The van der Waals surface area contributed by atoms with Crippen molar-refractivity contribution in [3.05, 3.63) is 59.7 Å². The van der Waals surface area contributed by atoms with Gasteiger partial charge in [0.25, 0.3) is 0 Å². The fourth-order valence-corrected chi connectivity index (χ4v) is 3.71. The van der Waals surface area contributed by atoms with Gasteiger partial charge >= 0.3 is 12.1 Å². The van der Waals surface area contributed by atoms with Crippen LogP contribution in [0.15, 0.2) is 48.5 Å². The largest absolute Gasteiger partial charge is 0.481 e. The summed E-state index contributed by atoms with van der Waals surface area (Å²) < 4.78 is 5.38. The zero-order chi connectivity index (χ0) is 23.1. The van der Waals surface area contributed by atoms with Crippen LogP contribution in [0.2, 0.25) is 0 Å². The van der Waals surface area contributed by atoms with E-state index in [2.05, 4.69) is 16.0 Å². The number of alkyl carbamates (subject to hydrolysis) is 1. The van der Waals surface area contributed by atoms with Crippen LogP contribution in [0.3, 0.4) is 0 Å². The van der Waals surface area contributed by atoms with Crippen molar-refractivity contribution in [3.63, 3.8) is 0 Å². The van der Waals surface area contributed by atoms with Crippen molar-refractivity contribution in [2.45, 2.75) is 25.3 Å². The Balaban J connectivity index is 1.60. The van der Waals surface area contributed by atoms with E-state index in [1.54, 1.807) is 0 Å². The number of rotatable bonds is 9. The van der Waals surface area contributed by atoms with Crippen LogP contribution in [0.25, 0.3) is 11.1 Å². The summed E-state index contributed by atoms with van der Waals surface area (Å²) in [5.41, 5.74) is 4.25. The minimum atomic E-state index is -1.31. The predicted octanol–water partition coefficient (Wildman–Crippen LogP) is 1.62. The van der Waals surface area contributed by atoms with Gasteiger partial charge in [-0.2, -0.15) is 0 Å². The van der Waals surface area contributed by atoms with Gasteiger partial charge in [0.1, 0.15) is 12.6 Å². The van der Waals surface area contributed by atoms with Crippen LogP contribution in [0.5, 0.6) is 0 Å². The number of carboxylic acids is 1. The van der Waals surface area contributed by atoms with E-state index in [-0.39, 0.29) is 31.5 Å². The van der Waals surface area contributed by atoms with E-state index in [1.165, 1.54) is 6.92 Å². The van der Waals surface area contributed by atoms with E-state index in [4.69, 9.17) is 9.84 Å². The number of ether oxygens (including phenoxy) is 1. The fourth-order valence-electron chi connectivity index (χ4n) is 3.71. The highest BCUT2D eigenvalue weighted by Gasteiger charge is 2.30. The molecule has 0 bridgehead atoms. The van der Waals surface area contributed by atoms with Gasteiger partial charge in [-0.1, -0.05) is 48.5 Å². The SMILES string of the molecule is CC(=O)NCCNC(=O)C(CC(=O)O)NC(=O)OCC1c2ccccc2-c2ccccc21. The zero-order valence-corrected chi connectivity index (χ0v) is 17.6. The van der Waals surface area contributed by atoms with Gasteiger partial charge in [-0.3, -0.25) is 14.4 Å². The number of fused-ring (bicyclic) bond motifs is 3. The van der Waals surface area contributed by atoms with Gasteiger partial charge < -0.3 is 25.8 Å². The number of nitrogens with one attached hydrogen (secondary N) is 3. The minimum absolute atomic E-state index is 0.0454. The zero-order valence-electron chi connectivity index (χ0n) is 17.6. The first-order valence-electron chi connectivity index (χ1n) is 10.2. The summed E-state index contributed by atoms with van der Waals surface area (Å²) in [7, 11) is 0. The van der Waals surface area contributed by atoms with Gasteiger partial charge in [0.15, 0.2) is 0 Å². The molecule has 1 aliphatic carbocycles. The summed E-state index contributed by atoms with van der Waals surface area (Å²) >= 11 is 0. The van der Waals surface area contributed by atoms with E-state index < -0.39 is 30.4 Å². The van der Waals surface area contributed by atoms with Crippen LogP contribution in [0.1, 0.15) is 30.4 Å². The molecule has 9 heteroatoms. The van der Waals surface area contributed by atoms with Crippen molar-refractivity contribution in [3.8, 4) is 11.1 Å². The highest BCUT2D eigenvalue weighted by molar-refractivity contribution is 5.89. The fraction of sp³-hybridized carbons (Fsp3) is 0.304. The molecule has 0 saturated carbocycles. The second kappa shape index (κ2) is 10.4. The molecule has 0 aromatic heterocycles. The van der Waals surface area contributed by atoms with Crippen molar-refractivity contribution in [2.24, 2.45) is 0 Å². The quantitative estimate of drug-likeness (QED) is 0.439. The van der Waals surface area contributed by atoms with Gasteiger partial charge in [0.05, 0.1) is 6.42 Å². The molecule has 1 aliphatic rings. The van der Waals surface area contributed by atoms with Gasteiger partial charge in [-0.15, -0.1) is 0 Å². The molecule has 4 N–H and O–H groups in total. The maximum Gasteiger partial charge on any atom is 0.407 e. The van der Waals surface area contributed by atoms with E-state index >= 15 is 0 Å². The highest BCUT2D eigenvalue weighted by atomic mass is 16.5. The first kappa shape index (κ1) is 22.8. The number of hydrogen-bond donors (Lipinski definition) is 4. The number of benzene rings is 2. The molecule has 3 amide bonds. The van der Waals surface area contributed by atoms with Crippen LogP contribution >= 0.6 is 0 Å². The molecular weight excluding hydrogens is 414 g/mol. The Morgan fingerprint density at radius 2 is 1.50 bits per heavy atom. The van der Waals surface area contributed by atoms with E-state index in [0.717, 1.165) is 22.3 Å². The second-order valence-electron chi connectivity index (χ2n) is 7.39. The molecule has 0 heterocycles. The van der Waals surface area contributed by atoms with Crippen molar-refractivity contribution >= 4 is 23.9 Å². The molecule has 1 atom stereocenters. The summed E-state index contributed by atoms with van der Waals surface area (Å²) in [6, 6.07) is 14.4. The standard InChI is InChI=1S/C23H25N3O6/c1-14(27)24-10-11-25-22(30)20(12-21(28)29)26-23(31)32-13-19-17-8-4-2-6-15(17)16-7-3-5-9-18(16)19/h2-9,19-20H,10-13H2,1H3,(H,24,27)(H,25,30)(H,26,31)(H,28,29). The van der Waals surface area contributed by atoms with Crippen LogP contribution in [-0.2, 0) is 19.1 Å². The first-order valence-corrected chi connectivity index (χ1v) is 10.2. The van der Waals surface area contributed by atoms with E-state index in [1.807, 2.05) is 48.5 Å². The monoisotopic (exact) mass is 439 g/mol. The third-order valence-electron chi connectivity index (χ3n) is 5.13. The van der Waals surface area contributed by atoms with Crippen molar-refractivity contribution in [2.75, 3.05) is 19.7 Å². The Bertz CT molecular complexity index is 977. The summed E-state index contributed by atoms with van der Waals surface area (Å²) in [6.45, 7) is 1.67. The molecule has 0 radical (unpaired) electrons. The maximum atomic E-state index is 12.4.